The van der Waals surface area contributed by atoms with Gasteiger partial charge in [0, 0.05) is 26.3 Å². The summed E-state index contributed by atoms with van der Waals surface area (Å²) in [6.07, 6.45) is 5.18. The Morgan fingerprint density at radius 2 is 1.88 bits per heavy atom. The smallest absolute Gasteiger partial charge is 0.0469 e. The van der Waals surface area contributed by atoms with E-state index >= 15 is 0 Å². The molecule has 0 aliphatic carbocycles. The Labute approximate surface area is 105 Å². The molecule has 0 aromatic rings. The van der Waals surface area contributed by atoms with E-state index in [0.29, 0.717) is 0 Å². The molecule has 2 aliphatic rings. The predicted molar refractivity (Wildman–Crippen MR) is 69.0 cm³/mol. The van der Waals surface area contributed by atoms with Crippen LogP contribution in [-0.4, -0.2) is 44.3 Å². The third-order valence-corrected chi connectivity index (χ3v) is 3.79. The number of hydrogen-bond donors (Lipinski definition) is 1. The molecule has 1 atom stereocenters. The van der Waals surface area contributed by atoms with Gasteiger partial charge in [0.2, 0.25) is 0 Å². The molecular formula is C12H25ClN2O. The molecule has 0 bridgehead atoms. The maximum Gasteiger partial charge on any atom is 0.0469 e. The number of piperidine rings is 1. The first-order valence-corrected chi connectivity index (χ1v) is 6.38. The zero-order chi connectivity index (χ0) is 10.5. The van der Waals surface area contributed by atoms with Crippen molar-refractivity contribution in [2.75, 3.05) is 39.4 Å². The second-order valence-electron chi connectivity index (χ2n) is 5.06. The molecule has 0 radical (unpaired) electrons. The van der Waals surface area contributed by atoms with Crippen LogP contribution in [-0.2, 0) is 4.74 Å². The molecular weight excluding hydrogens is 224 g/mol. The summed E-state index contributed by atoms with van der Waals surface area (Å²) < 4.78 is 5.39. The van der Waals surface area contributed by atoms with Crippen molar-refractivity contribution in [1.29, 1.82) is 0 Å². The van der Waals surface area contributed by atoms with Crippen LogP contribution in [0.2, 0.25) is 0 Å². The van der Waals surface area contributed by atoms with E-state index in [1.165, 1.54) is 45.3 Å². The lowest BCUT2D eigenvalue weighted by Gasteiger charge is -2.35. The number of rotatable bonds is 3. The van der Waals surface area contributed by atoms with Gasteiger partial charge in [0.15, 0.2) is 0 Å². The first-order chi connectivity index (χ1) is 7.38. The average Bonchev–Trinajstić information content (AvgIpc) is 2.31. The minimum Gasteiger partial charge on any atom is -0.381 e. The first kappa shape index (κ1) is 14.2. The Balaban J connectivity index is 0.00000128. The first-order valence-electron chi connectivity index (χ1n) is 6.38. The summed E-state index contributed by atoms with van der Waals surface area (Å²) in [6, 6.07) is 0. The van der Waals surface area contributed by atoms with Gasteiger partial charge in [-0.3, -0.25) is 0 Å². The van der Waals surface area contributed by atoms with Crippen LogP contribution in [0.4, 0.5) is 0 Å². The zero-order valence-electron chi connectivity index (χ0n) is 10.1. The number of likely N-dealkylation sites (tertiary alicyclic amines) is 1. The molecule has 0 aromatic heterocycles. The second-order valence-corrected chi connectivity index (χ2v) is 5.06. The van der Waals surface area contributed by atoms with Gasteiger partial charge in [0.05, 0.1) is 0 Å². The number of nitrogens with two attached hydrogens (primary N) is 1. The lowest BCUT2D eigenvalue weighted by Crippen LogP contribution is -2.41. The Kier molecular flexibility index (Phi) is 6.66. The van der Waals surface area contributed by atoms with Gasteiger partial charge in [-0.15, -0.1) is 12.4 Å². The lowest BCUT2D eigenvalue weighted by molar-refractivity contribution is 0.0456. The van der Waals surface area contributed by atoms with Crippen molar-refractivity contribution in [1.82, 2.24) is 4.90 Å². The van der Waals surface area contributed by atoms with Crippen LogP contribution in [0.5, 0.6) is 0 Å². The van der Waals surface area contributed by atoms with E-state index in [1.54, 1.807) is 0 Å². The molecule has 2 heterocycles. The molecule has 2 rings (SSSR count). The summed E-state index contributed by atoms with van der Waals surface area (Å²) >= 11 is 0. The highest BCUT2D eigenvalue weighted by Gasteiger charge is 2.22. The molecule has 2 aliphatic heterocycles. The van der Waals surface area contributed by atoms with E-state index in [0.717, 1.165) is 31.6 Å². The fourth-order valence-electron chi connectivity index (χ4n) is 2.80. The van der Waals surface area contributed by atoms with Gasteiger partial charge >= 0.3 is 0 Å². The van der Waals surface area contributed by atoms with Crippen LogP contribution in [0.25, 0.3) is 0 Å². The summed E-state index contributed by atoms with van der Waals surface area (Å²) in [5, 5.41) is 0. The summed E-state index contributed by atoms with van der Waals surface area (Å²) in [6.45, 7) is 6.60. The summed E-state index contributed by atoms with van der Waals surface area (Å²) in [5.41, 5.74) is 5.75. The standard InChI is InChI=1S/C12H24N2O.ClH/c13-8-12-2-1-5-14(10-12)9-11-3-6-15-7-4-11;/h11-12H,1-10,13H2;1H. The SMILES string of the molecule is Cl.NCC1CCCN(CC2CCOCC2)C1. The van der Waals surface area contributed by atoms with Crippen LogP contribution >= 0.6 is 12.4 Å². The van der Waals surface area contributed by atoms with E-state index < -0.39 is 0 Å². The minimum atomic E-state index is 0. The average molecular weight is 249 g/mol. The van der Waals surface area contributed by atoms with Gasteiger partial charge in [0.1, 0.15) is 0 Å². The molecule has 2 N–H and O–H groups in total. The van der Waals surface area contributed by atoms with E-state index in [-0.39, 0.29) is 12.4 Å². The highest BCUT2D eigenvalue weighted by Crippen LogP contribution is 2.20. The molecule has 4 heteroatoms. The third kappa shape index (κ3) is 4.21. The number of halogens is 1. The topological polar surface area (TPSA) is 38.5 Å². The Hall–Kier alpha value is 0.170. The zero-order valence-corrected chi connectivity index (χ0v) is 10.9. The van der Waals surface area contributed by atoms with Gasteiger partial charge in [0.25, 0.3) is 0 Å². The van der Waals surface area contributed by atoms with Crippen LogP contribution in [0.3, 0.4) is 0 Å². The number of ether oxygens (including phenoxy) is 1. The quantitative estimate of drug-likeness (QED) is 0.823. The maximum absolute atomic E-state index is 5.75. The van der Waals surface area contributed by atoms with E-state index in [4.69, 9.17) is 10.5 Å². The second kappa shape index (κ2) is 7.49. The Bertz CT molecular complexity index is 186. The molecule has 96 valence electrons. The van der Waals surface area contributed by atoms with Crippen molar-refractivity contribution in [2.24, 2.45) is 17.6 Å². The largest absolute Gasteiger partial charge is 0.381 e. The van der Waals surface area contributed by atoms with E-state index in [1.807, 2.05) is 0 Å². The van der Waals surface area contributed by atoms with Gasteiger partial charge < -0.3 is 15.4 Å². The molecule has 0 spiro atoms. The Morgan fingerprint density at radius 1 is 1.12 bits per heavy atom. The molecule has 1 unspecified atom stereocenters. The van der Waals surface area contributed by atoms with Crippen molar-refractivity contribution in [3.63, 3.8) is 0 Å². The molecule has 2 fully saturated rings. The van der Waals surface area contributed by atoms with Crippen LogP contribution in [0.15, 0.2) is 0 Å². The van der Waals surface area contributed by atoms with Crippen molar-refractivity contribution in [3.05, 3.63) is 0 Å². The Morgan fingerprint density at radius 3 is 2.56 bits per heavy atom. The minimum absolute atomic E-state index is 0. The van der Waals surface area contributed by atoms with Gasteiger partial charge in [-0.25, -0.2) is 0 Å². The summed E-state index contributed by atoms with van der Waals surface area (Å²) in [5.74, 6) is 1.62. The molecule has 0 aromatic carbocycles. The fraction of sp³-hybridized carbons (Fsp3) is 1.00. The van der Waals surface area contributed by atoms with Crippen LogP contribution < -0.4 is 5.73 Å². The molecule has 0 amide bonds. The monoisotopic (exact) mass is 248 g/mol. The normalized spacial score (nSPS) is 28.7. The summed E-state index contributed by atoms with van der Waals surface area (Å²) in [7, 11) is 0. The predicted octanol–water partition coefficient (Wildman–Crippen LogP) is 1.51. The highest BCUT2D eigenvalue weighted by molar-refractivity contribution is 5.85. The van der Waals surface area contributed by atoms with Crippen molar-refractivity contribution < 1.29 is 4.74 Å². The van der Waals surface area contributed by atoms with Crippen LogP contribution in [0.1, 0.15) is 25.7 Å². The molecule has 2 saturated heterocycles. The van der Waals surface area contributed by atoms with Crippen molar-refractivity contribution in [2.45, 2.75) is 25.7 Å². The van der Waals surface area contributed by atoms with Gasteiger partial charge in [-0.2, -0.15) is 0 Å². The number of nitrogens with zero attached hydrogens (tertiary/aromatic N) is 1. The van der Waals surface area contributed by atoms with E-state index in [9.17, 15) is 0 Å². The highest BCUT2D eigenvalue weighted by atomic mass is 35.5. The third-order valence-electron chi connectivity index (χ3n) is 3.79. The lowest BCUT2D eigenvalue weighted by atomic mass is 9.94. The molecule has 0 saturated carbocycles. The van der Waals surface area contributed by atoms with Crippen LogP contribution in [0, 0.1) is 11.8 Å². The maximum atomic E-state index is 5.75. The fourth-order valence-corrected chi connectivity index (χ4v) is 2.80. The van der Waals surface area contributed by atoms with Crippen molar-refractivity contribution >= 4 is 12.4 Å². The molecule has 16 heavy (non-hydrogen) atoms. The van der Waals surface area contributed by atoms with Crippen molar-refractivity contribution in [3.8, 4) is 0 Å². The van der Waals surface area contributed by atoms with Gasteiger partial charge in [-0.05, 0) is 50.6 Å². The van der Waals surface area contributed by atoms with E-state index in [2.05, 4.69) is 4.90 Å². The number of hydrogen-bond acceptors (Lipinski definition) is 3. The van der Waals surface area contributed by atoms with Gasteiger partial charge in [-0.1, -0.05) is 0 Å². The summed E-state index contributed by atoms with van der Waals surface area (Å²) in [4.78, 5) is 2.62. The molecule has 3 nitrogen and oxygen atoms in total.